The second-order valence-corrected chi connectivity index (χ2v) is 6.09. The zero-order valence-electron chi connectivity index (χ0n) is 14.1. The first kappa shape index (κ1) is 15.2. The minimum absolute atomic E-state index is 0.231. The molecule has 4 aromatic rings. The maximum absolute atomic E-state index is 9.56. The number of hydrogen-bond acceptors (Lipinski definition) is 4. The number of aromatic hydroxyl groups is 1. The van der Waals surface area contributed by atoms with Crippen LogP contribution in [0.15, 0.2) is 60.9 Å². The van der Waals surface area contributed by atoms with Gasteiger partial charge in [-0.2, -0.15) is 0 Å². The van der Waals surface area contributed by atoms with Crippen LogP contribution in [0.4, 0.5) is 11.5 Å². The van der Waals surface area contributed by atoms with Crippen molar-refractivity contribution in [2.24, 2.45) is 0 Å². The van der Waals surface area contributed by atoms with Crippen molar-refractivity contribution in [3.05, 3.63) is 72.1 Å². The summed E-state index contributed by atoms with van der Waals surface area (Å²) >= 11 is 0. The maximum Gasteiger partial charge on any atom is 0.235 e. The molecular formula is C20H18N4O. The molecule has 5 heteroatoms. The molecule has 0 aliphatic carbocycles. The predicted molar refractivity (Wildman–Crippen MR) is 99.3 cm³/mol. The lowest BCUT2D eigenvalue weighted by atomic mass is 10.1. The van der Waals surface area contributed by atoms with Gasteiger partial charge in [0.1, 0.15) is 17.3 Å². The number of hydrogen-bond donors (Lipinski definition) is 2. The first-order valence-corrected chi connectivity index (χ1v) is 8.08. The largest absolute Gasteiger partial charge is 0.508 e. The van der Waals surface area contributed by atoms with Crippen LogP contribution in [0, 0.1) is 13.8 Å². The third-order valence-corrected chi connectivity index (χ3v) is 4.19. The number of imidazole rings is 1. The molecule has 0 amide bonds. The molecule has 0 unspecified atom stereocenters. The van der Waals surface area contributed by atoms with Gasteiger partial charge in [-0.15, -0.1) is 0 Å². The predicted octanol–water partition coefficient (Wildman–Crippen LogP) is 4.46. The molecule has 2 aromatic heterocycles. The minimum atomic E-state index is 0.231. The normalized spacial score (nSPS) is 11.0. The molecule has 25 heavy (non-hydrogen) atoms. The molecule has 0 radical (unpaired) electrons. The highest BCUT2D eigenvalue weighted by Crippen LogP contribution is 2.32. The summed E-state index contributed by atoms with van der Waals surface area (Å²) in [5.74, 6) is 1.70. The maximum atomic E-state index is 9.56. The Morgan fingerprint density at radius 1 is 1.04 bits per heavy atom. The molecule has 0 spiro atoms. The Kier molecular flexibility index (Phi) is 3.61. The zero-order chi connectivity index (χ0) is 17.4. The quantitative estimate of drug-likeness (QED) is 0.582. The summed E-state index contributed by atoms with van der Waals surface area (Å²) in [6.45, 7) is 4.14. The molecule has 0 saturated heterocycles. The highest BCUT2D eigenvalue weighted by Gasteiger charge is 2.15. The molecule has 0 atom stereocenters. The molecule has 0 bridgehead atoms. The van der Waals surface area contributed by atoms with Crippen molar-refractivity contribution in [3.8, 4) is 17.0 Å². The van der Waals surface area contributed by atoms with Gasteiger partial charge in [0, 0.05) is 23.6 Å². The van der Waals surface area contributed by atoms with Crippen LogP contribution in [-0.2, 0) is 0 Å². The summed E-state index contributed by atoms with van der Waals surface area (Å²) in [6, 6.07) is 15.2. The number of aryl methyl sites for hydroxylation is 2. The fourth-order valence-corrected chi connectivity index (χ4v) is 2.83. The Labute approximate surface area is 145 Å². The number of nitrogens with zero attached hydrogens (tertiary/aromatic N) is 3. The highest BCUT2D eigenvalue weighted by atomic mass is 16.3. The van der Waals surface area contributed by atoms with Crippen LogP contribution < -0.4 is 5.32 Å². The van der Waals surface area contributed by atoms with Gasteiger partial charge in [0.15, 0.2) is 0 Å². The standard InChI is InChI=1S/C20H18N4O/c1-13-4-5-14(2)17(12-13)22-19-18(15-6-8-16(25)9-7-15)23-20-21-10-3-11-24(19)20/h3-12,22,25H,1-2H3. The smallest absolute Gasteiger partial charge is 0.235 e. The van der Waals surface area contributed by atoms with E-state index in [4.69, 9.17) is 0 Å². The van der Waals surface area contributed by atoms with E-state index in [0.717, 1.165) is 28.3 Å². The Balaban J connectivity index is 1.90. The highest BCUT2D eigenvalue weighted by molar-refractivity contribution is 5.79. The van der Waals surface area contributed by atoms with Gasteiger partial charge in [-0.05, 0) is 61.4 Å². The Hall–Kier alpha value is -3.34. The van der Waals surface area contributed by atoms with E-state index in [1.54, 1.807) is 18.3 Å². The van der Waals surface area contributed by atoms with Gasteiger partial charge < -0.3 is 10.4 Å². The molecule has 4 rings (SSSR count). The number of phenolic OH excluding ortho intramolecular Hbond substituents is 1. The van der Waals surface area contributed by atoms with E-state index < -0.39 is 0 Å². The van der Waals surface area contributed by atoms with Crippen molar-refractivity contribution in [2.45, 2.75) is 13.8 Å². The van der Waals surface area contributed by atoms with E-state index in [1.807, 2.05) is 28.8 Å². The number of fused-ring (bicyclic) bond motifs is 1. The van der Waals surface area contributed by atoms with Crippen molar-refractivity contribution in [3.63, 3.8) is 0 Å². The number of nitrogens with one attached hydrogen (secondary N) is 1. The van der Waals surface area contributed by atoms with E-state index in [9.17, 15) is 5.11 Å². The van der Waals surface area contributed by atoms with Crippen LogP contribution in [0.25, 0.3) is 17.0 Å². The summed E-state index contributed by atoms with van der Waals surface area (Å²) in [5.41, 5.74) is 5.08. The molecule has 5 nitrogen and oxygen atoms in total. The van der Waals surface area contributed by atoms with Crippen LogP contribution in [0.3, 0.4) is 0 Å². The molecule has 0 aliphatic rings. The van der Waals surface area contributed by atoms with Gasteiger partial charge >= 0.3 is 0 Å². The van der Waals surface area contributed by atoms with Crippen molar-refractivity contribution < 1.29 is 5.11 Å². The van der Waals surface area contributed by atoms with E-state index in [0.29, 0.717) is 5.78 Å². The monoisotopic (exact) mass is 330 g/mol. The minimum Gasteiger partial charge on any atom is -0.508 e. The molecule has 2 heterocycles. The number of benzene rings is 2. The Morgan fingerprint density at radius 3 is 2.64 bits per heavy atom. The van der Waals surface area contributed by atoms with Crippen LogP contribution >= 0.6 is 0 Å². The summed E-state index contributed by atoms with van der Waals surface area (Å²) in [6.07, 6.45) is 3.66. The van der Waals surface area contributed by atoms with Crippen molar-refractivity contribution in [1.29, 1.82) is 0 Å². The fraction of sp³-hybridized carbons (Fsp3) is 0.100. The van der Waals surface area contributed by atoms with Crippen LogP contribution in [0.1, 0.15) is 11.1 Å². The Bertz CT molecular complexity index is 1050. The van der Waals surface area contributed by atoms with E-state index >= 15 is 0 Å². The molecule has 0 aliphatic heterocycles. The van der Waals surface area contributed by atoms with Gasteiger partial charge in [-0.3, -0.25) is 4.40 Å². The number of rotatable bonds is 3. The van der Waals surface area contributed by atoms with Gasteiger partial charge in [-0.1, -0.05) is 12.1 Å². The molecule has 0 saturated carbocycles. The molecule has 2 aromatic carbocycles. The SMILES string of the molecule is Cc1ccc(C)c(Nc2c(-c3ccc(O)cc3)nc3ncccn23)c1. The topological polar surface area (TPSA) is 62.5 Å². The van der Waals surface area contributed by atoms with Gasteiger partial charge in [0.05, 0.1) is 0 Å². The summed E-state index contributed by atoms with van der Waals surface area (Å²) in [4.78, 5) is 9.02. The summed E-state index contributed by atoms with van der Waals surface area (Å²) in [5, 5.41) is 13.1. The summed E-state index contributed by atoms with van der Waals surface area (Å²) < 4.78 is 1.93. The lowest BCUT2D eigenvalue weighted by molar-refractivity contribution is 0.475. The first-order valence-electron chi connectivity index (χ1n) is 8.08. The molecule has 124 valence electrons. The second-order valence-electron chi connectivity index (χ2n) is 6.09. The average Bonchev–Trinajstić information content (AvgIpc) is 2.97. The summed E-state index contributed by atoms with van der Waals surface area (Å²) in [7, 11) is 0. The van der Waals surface area contributed by atoms with Crippen molar-refractivity contribution >= 4 is 17.3 Å². The number of aromatic nitrogens is 3. The van der Waals surface area contributed by atoms with E-state index in [2.05, 4.69) is 47.3 Å². The zero-order valence-corrected chi connectivity index (χ0v) is 14.1. The van der Waals surface area contributed by atoms with Crippen LogP contribution in [0.5, 0.6) is 5.75 Å². The average molecular weight is 330 g/mol. The van der Waals surface area contributed by atoms with E-state index in [-0.39, 0.29) is 5.75 Å². The molecule has 0 fully saturated rings. The van der Waals surface area contributed by atoms with Gasteiger partial charge in [-0.25, -0.2) is 9.97 Å². The second kappa shape index (κ2) is 5.94. The lowest BCUT2D eigenvalue weighted by Gasteiger charge is -2.12. The first-order chi connectivity index (χ1) is 12.1. The Morgan fingerprint density at radius 2 is 1.84 bits per heavy atom. The third kappa shape index (κ3) is 2.80. The third-order valence-electron chi connectivity index (χ3n) is 4.19. The lowest BCUT2D eigenvalue weighted by Crippen LogP contribution is -1.99. The number of anilines is 2. The molecular weight excluding hydrogens is 312 g/mol. The van der Waals surface area contributed by atoms with E-state index in [1.165, 1.54) is 5.56 Å². The fourth-order valence-electron chi connectivity index (χ4n) is 2.83. The van der Waals surface area contributed by atoms with Crippen LogP contribution in [-0.4, -0.2) is 19.5 Å². The van der Waals surface area contributed by atoms with Crippen molar-refractivity contribution in [2.75, 3.05) is 5.32 Å². The van der Waals surface area contributed by atoms with Gasteiger partial charge in [0.25, 0.3) is 0 Å². The number of phenols is 1. The van der Waals surface area contributed by atoms with Gasteiger partial charge in [0.2, 0.25) is 5.78 Å². The molecule has 2 N–H and O–H groups in total. The van der Waals surface area contributed by atoms with Crippen LogP contribution in [0.2, 0.25) is 0 Å². The van der Waals surface area contributed by atoms with Crippen molar-refractivity contribution in [1.82, 2.24) is 14.4 Å².